The first-order valence-electron chi connectivity index (χ1n) is 5.98. The molecule has 0 atom stereocenters. The van der Waals surface area contributed by atoms with Crippen LogP contribution in [0.15, 0.2) is 24.5 Å². The zero-order chi connectivity index (χ0) is 12.3. The second-order valence-electron chi connectivity index (χ2n) is 4.99. The second kappa shape index (κ2) is 4.84. The maximum atomic E-state index is 12.0. The largest absolute Gasteiger partial charge is 0.345 e. The van der Waals surface area contributed by atoms with E-state index in [4.69, 9.17) is 5.73 Å². The highest BCUT2D eigenvalue weighted by Gasteiger charge is 2.42. The van der Waals surface area contributed by atoms with E-state index in [-0.39, 0.29) is 11.3 Å². The van der Waals surface area contributed by atoms with Crippen molar-refractivity contribution in [1.82, 2.24) is 9.88 Å². The van der Waals surface area contributed by atoms with Crippen molar-refractivity contribution in [3.05, 3.63) is 30.1 Å². The van der Waals surface area contributed by atoms with E-state index in [0.29, 0.717) is 13.0 Å². The minimum atomic E-state index is 0.149. The van der Waals surface area contributed by atoms with Crippen LogP contribution in [0, 0.1) is 5.41 Å². The molecular weight excluding hydrogens is 214 g/mol. The summed E-state index contributed by atoms with van der Waals surface area (Å²) >= 11 is 0. The summed E-state index contributed by atoms with van der Waals surface area (Å²) in [6.45, 7) is 1.47. The Labute approximate surface area is 102 Å². The predicted octanol–water partition coefficient (Wildman–Crippen LogP) is 0.821. The van der Waals surface area contributed by atoms with Crippen molar-refractivity contribution in [2.24, 2.45) is 11.1 Å². The Hall–Kier alpha value is -1.42. The third-order valence-electron chi connectivity index (χ3n) is 3.49. The van der Waals surface area contributed by atoms with Crippen molar-refractivity contribution in [1.29, 1.82) is 0 Å². The average molecular weight is 233 g/mol. The van der Waals surface area contributed by atoms with E-state index in [9.17, 15) is 4.79 Å². The summed E-state index contributed by atoms with van der Waals surface area (Å²) in [5.74, 6) is 0.149. The van der Waals surface area contributed by atoms with Gasteiger partial charge in [-0.25, -0.2) is 0 Å². The lowest BCUT2D eigenvalue weighted by Crippen LogP contribution is -2.36. The fourth-order valence-electron chi connectivity index (χ4n) is 2.01. The van der Waals surface area contributed by atoms with Gasteiger partial charge in [0.25, 0.3) is 0 Å². The topological polar surface area (TPSA) is 59.2 Å². The quantitative estimate of drug-likeness (QED) is 0.819. The van der Waals surface area contributed by atoms with Crippen LogP contribution < -0.4 is 5.73 Å². The van der Waals surface area contributed by atoms with Crippen LogP contribution in [0.4, 0.5) is 0 Å². The lowest BCUT2D eigenvalue weighted by Gasteiger charge is -2.22. The summed E-state index contributed by atoms with van der Waals surface area (Å²) in [6, 6.07) is 3.75. The number of hydrogen-bond acceptors (Lipinski definition) is 3. The molecule has 0 saturated heterocycles. The van der Waals surface area contributed by atoms with E-state index < -0.39 is 0 Å². The maximum absolute atomic E-state index is 12.0. The van der Waals surface area contributed by atoms with E-state index >= 15 is 0 Å². The van der Waals surface area contributed by atoms with Crippen molar-refractivity contribution in [2.45, 2.75) is 19.3 Å². The number of amides is 1. The molecule has 1 saturated carbocycles. The Morgan fingerprint density at radius 1 is 1.47 bits per heavy atom. The van der Waals surface area contributed by atoms with Crippen LogP contribution in [-0.2, 0) is 11.2 Å². The Morgan fingerprint density at radius 3 is 2.65 bits per heavy atom. The summed E-state index contributed by atoms with van der Waals surface area (Å²) in [4.78, 5) is 17.7. The summed E-state index contributed by atoms with van der Waals surface area (Å²) in [5, 5.41) is 0. The van der Waals surface area contributed by atoms with Gasteiger partial charge in [0.15, 0.2) is 0 Å². The number of carbonyl (C=O) groups is 1. The van der Waals surface area contributed by atoms with Gasteiger partial charge in [-0.1, -0.05) is 0 Å². The van der Waals surface area contributed by atoms with Crippen molar-refractivity contribution in [3.8, 4) is 0 Å². The van der Waals surface area contributed by atoms with Gasteiger partial charge < -0.3 is 10.6 Å². The van der Waals surface area contributed by atoms with Crippen LogP contribution in [0.5, 0.6) is 0 Å². The van der Waals surface area contributed by atoms with Crippen LogP contribution in [0.1, 0.15) is 18.4 Å². The second-order valence-corrected chi connectivity index (χ2v) is 4.99. The maximum Gasteiger partial charge on any atom is 0.226 e. The normalized spacial score (nSPS) is 16.6. The molecular formula is C13H19N3O. The highest BCUT2D eigenvalue weighted by atomic mass is 16.2. The smallest absolute Gasteiger partial charge is 0.226 e. The van der Waals surface area contributed by atoms with Gasteiger partial charge in [-0.15, -0.1) is 0 Å². The molecule has 17 heavy (non-hydrogen) atoms. The Bertz CT molecular complexity index is 387. The summed E-state index contributed by atoms with van der Waals surface area (Å²) < 4.78 is 0. The SMILES string of the molecule is CN(CC1(CN)CC1)C(=O)Cc1ccncc1. The van der Waals surface area contributed by atoms with Gasteiger partial charge in [0, 0.05) is 31.4 Å². The number of nitrogens with zero attached hydrogens (tertiary/aromatic N) is 2. The molecule has 0 aromatic carbocycles. The summed E-state index contributed by atoms with van der Waals surface area (Å²) in [7, 11) is 1.86. The van der Waals surface area contributed by atoms with Gasteiger partial charge in [-0.05, 0) is 37.1 Å². The van der Waals surface area contributed by atoms with Crippen LogP contribution in [-0.4, -0.2) is 35.9 Å². The zero-order valence-corrected chi connectivity index (χ0v) is 10.2. The first kappa shape index (κ1) is 12.0. The Morgan fingerprint density at radius 2 is 2.12 bits per heavy atom. The molecule has 4 nitrogen and oxygen atoms in total. The molecule has 1 amide bonds. The Balaban J connectivity index is 1.88. The molecule has 92 valence electrons. The molecule has 0 bridgehead atoms. The molecule has 0 unspecified atom stereocenters. The molecule has 0 radical (unpaired) electrons. The van der Waals surface area contributed by atoms with Gasteiger partial charge in [-0.2, -0.15) is 0 Å². The van der Waals surface area contributed by atoms with Gasteiger partial charge in [0.2, 0.25) is 5.91 Å². The molecule has 2 N–H and O–H groups in total. The van der Waals surface area contributed by atoms with Crippen molar-refractivity contribution >= 4 is 5.91 Å². The third-order valence-corrected chi connectivity index (χ3v) is 3.49. The summed E-state index contributed by atoms with van der Waals surface area (Å²) in [5.41, 5.74) is 6.94. The van der Waals surface area contributed by atoms with Gasteiger partial charge in [-0.3, -0.25) is 9.78 Å². The third kappa shape index (κ3) is 3.03. The fraction of sp³-hybridized carbons (Fsp3) is 0.538. The fourth-order valence-corrected chi connectivity index (χ4v) is 2.01. The monoisotopic (exact) mass is 233 g/mol. The Kier molecular flexibility index (Phi) is 3.43. The molecule has 1 heterocycles. The zero-order valence-electron chi connectivity index (χ0n) is 10.2. The first-order valence-corrected chi connectivity index (χ1v) is 5.98. The number of nitrogens with two attached hydrogens (primary N) is 1. The lowest BCUT2D eigenvalue weighted by atomic mass is 10.1. The molecule has 4 heteroatoms. The highest BCUT2D eigenvalue weighted by Crippen LogP contribution is 2.44. The van der Waals surface area contributed by atoms with Crippen LogP contribution in [0.2, 0.25) is 0 Å². The average Bonchev–Trinajstić information content (AvgIpc) is 3.11. The first-order chi connectivity index (χ1) is 8.15. The number of likely N-dealkylation sites (N-methyl/N-ethyl adjacent to an activating group) is 1. The van der Waals surface area contributed by atoms with Crippen LogP contribution >= 0.6 is 0 Å². The van der Waals surface area contributed by atoms with E-state index in [1.807, 2.05) is 19.2 Å². The molecule has 1 fully saturated rings. The number of pyridine rings is 1. The minimum Gasteiger partial charge on any atom is -0.345 e. The molecule has 1 aromatic rings. The standard InChI is InChI=1S/C13H19N3O/c1-16(10-13(9-14)4-5-13)12(17)8-11-2-6-15-7-3-11/h2-3,6-7H,4-5,8-10,14H2,1H3. The van der Waals surface area contributed by atoms with Gasteiger partial charge in [0.1, 0.15) is 0 Å². The van der Waals surface area contributed by atoms with Gasteiger partial charge >= 0.3 is 0 Å². The summed E-state index contributed by atoms with van der Waals surface area (Å²) in [6.07, 6.45) is 6.17. The van der Waals surface area contributed by atoms with Gasteiger partial charge in [0.05, 0.1) is 6.42 Å². The van der Waals surface area contributed by atoms with E-state index in [1.54, 1.807) is 17.3 Å². The predicted molar refractivity (Wildman–Crippen MR) is 66.3 cm³/mol. The molecule has 2 rings (SSSR count). The van der Waals surface area contributed by atoms with Crippen molar-refractivity contribution in [3.63, 3.8) is 0 Å². The van der Waals surface area contributed by atoms with E-state index in [0.717, 1.165) is 24.9 Å². The highest BCUT2D eigenvalue weighted by molar-refractivity contribution is 5.78. The van der Waals surface area contributed by atoms with E-state index in [1.165, 1.54) is 0 Å². The number of hydrogen-bond donors (Lipinski definition) is 1. The number of carbonyl (C=O) groups excluding carboxylic acids is 1. The lowest BCUT2D eigenvalue weighted by molar-refractivity contribution is -0.129. The molecule has 1 aliphatic rings. The molecule has 0 aliphatic heterocycles. The van der Waals surface area contributed by atoms with Crippen LogP contribution in [0.25, 0.3) is 0 Å². The van der Waals surface area contributed by atoms with Crippen LogP contribution in [0.3, 0.4) is 0 Å². The molecule has 1 aliphatic carbocycles. The number of rotatable bonds is 5. The minimum absolute atomic E-state index is 0.149. The van der Waals surface area contributed by atoms with Crippen molar-refractivity contribution < 1.29 is 4.79 Å². The molecule has 1 aromatic heterocycles. The van der Waals surface area contributed by atoms with E-state index in [2.05, 4.69) is 4.98 Å². The van der Waals surface area contributed by atoms with Crippen molar-refractivity contribution in [2.75, 3.05) is 20.1 Å². The number of aromatic nitrogens is 1. The molecule has 0 spiro atoms.